The summed E-state index contributed by atoms with van der Waals surface area (Å²) in [4.78, 5) is 4.17. The summed E-state index contributed by atoms with van der Waals surface area (Å²) in [5.74, 6) is 0. The van der Waals surface area contributed by atoms with Gasteiger partial charge in [-0.2, -0.15) is 0 Å². The van der Waals surface area contributed by atoms with E-state index in [1.807, 2.05) is 13.1 Å². The van der Waals surface area contributed by atoms with E-state index in [4.69, 9.17) is 4.74 Å². The third-order valence-corrected chi connectivity index (χ3v) is 1.73. The van der Waals surface area contributed by atoms with Gasteiger partial charge < -0.3 is 4.74 Å². The third-order valence-electron chi connectivity index (χ3n) is 1.73. The largest absolute Gasteiger partial charge is 0.372 e. The maximum absolute atomic E-state index is 5.23. The molecule has 0 saturated heterocycles. The first kappa shape index (κ1) is 5.86. The molecule has 0 bridgehead atoms. The normalized spacial score (nSPS) is 15.3. The first-order valence-corrected chi connectivity index (χ1v) is 3.38. The molecular weight excluding hydrogens is 126 g/mol. The molecule has 0 radical (unpaired) electrons. The molecule has 2 heterocycles. The third kappa shape index (κ3) is 0.809. The number of aryl methyl sites for hydroxylation is 1. The van der Waals surface area contributed by atoms with E-state index in [0.717, 1.165) is 18.9 Å². The predicted octanol–water partition coefficient (Wildman–Crippen LogP) is 1.42. The highest BCUT2D eigenvalue weighted by Crippen LogP contribution is 2.18. The molecule has 0 saturated carbocycles. The van der Waals surface area contributed by atoms with Crippen molar-refractivity contribution >= 4 is 0 Å². The number of rotatable bonds is 0. The SMILES string of the molecule is Cc1cc2c(cn1)COC2. The van der Waals surface area contributed by atoms with Crippen molar-refractivity contribution in [2.75, 3.05) is 0 Å². The quantitative estimate of drug-likeness (QED) is 0.536. The Morgan fingerprint density at radius 2 is 2.20 bits per heavy atom. The molecule has 1 aromatic rings. The number of hydrogen-bond donors (Lipinski definition) is 0. The lowest BCUT2D eigenvalue weighted by Crippen LogP contribution is -1.86. The van der Waals surface area contributed by atoms with Crippen molar-refractivity contribution in [1.29, 1.82) is 0 Å². The van der Waals surface area contributed by atoms with Crippen LogP contribution in [0.25, 0.3) is 0 Å². The Hall–Kier alpha value is -0.890. The molecule has 0 amide bonds. The van der Waals surface area contributed by atoms with Gasteiger partial charge in [-0.3, -0.25) is 4.98 Å². The Morgan fingerprint density at radius 1 is 1.40 bits per heavy atom. The van der Waals surface area contributed by atoms with Crippen LogP contribution in [0, 0.1) is 6.92 Å². The second-order valence-corrected chi connectivity index (χ2v) is 2.59. The van der Waals surface area contributed by atoms with Gasteiger partial charge in [0, 0.05) is 17.5 Å². The van der Waals surface area contributed by atoms with Crippen LogP contribution in [0.15, 0.2) is 12.3 Å². The van der Waals surface area contributed by atoms with E-state index in [0.29, 0.717) is 0 Å². The van der Waals surface area contributed by atoms with E-state index in [9.17, 15) is 0 Å². The van der Waals surface area contributed by atoms with Gasteiger partial charge in [0.05, 0.1) is 13.2 Å². The van der Waals surface area contributed by atoms with E-state index < -0.39 is 0 Å². The van der Waals surface area contributed by atoms with Crippen molar-refractivity contribution < 1.29 is 4.74 Å². The molecule has 1 aliphatic heterocycles. The van der Waals surface area contributed by atoms with Crippen LogP contribution < -0.4 is 0 Å². The smallest absolute Gasteiger partial charge is 0.0740 e. The highest BCUT2D eigenvalue weighted by molar-refractivity contribution is 5.27. The van der Waals surface area contributed by atoms with Gasteiger partial charge in [-0.25, -0.2) is 0 Å². The summed E-state index contributed by atoms with van der Waals surface area (Å²) >= 11 is 0. The van der Waals surface area contributed by atoms with Crippen molar-refractivity contribution in [3.05, 3.63) is 29.1 Å². The number of ether oxygens (including phenoxy) is 1. The monoisotopic (exact) mass is 135 g/mol. The zero-order valence-electron chi connectivity index (χ0n) is 5.92. The Bertz CT molecular complexity index is 257. The van der Waals surface area contributed by atoms with Gasteiger partial charge in [0.15, 0.2) is 0 Å². The topological polar surface area (TPSA) is 22.1 Å². The summed E-state index contributed by atoms with van der Waals surface area (Å²) in [7, 11) is 0. The molecule has 0 aliphatic carbocycles. The summed E-state index contributed by atoms with van der Waals surface area (Å²) in [5, 5.41) is 0. The van der Waals surface area contributed by atoms with Crippen molar-refractivity contribution in [2.24, 2.45) is 0 Å². The Labute approximate surface area is 59.9 Å². The summed E-state index contributed by atoms with van der Waals surface area (Å²) in [6, 6.07) is 2.09. The van der Waals surface area contributed by atoms with Crippen LogP contribution in [0.2, 0.25) is 0 Å². The summed E-state index contributed by atoms with van der Waals surface area (Å²) in [6.07, 6.45) is 1.90. The molecule has 1 aliphatic rings. The number of nitrogens with zero attached hydrogens (tertiary/aromatic N) is 1. The molecule has 2 rings (SSSR count). The highest BCUT2D eigenvalue weighted by Gasteiger charge is 2.10. The molecule has 10 heavy (non-hydrogen) atoms. The van der Waals surface area contributed by atoms with Gasteiger partial charge >= 0.3 is 0 Å². The maximum atomic E-state index is 5.23. The molecule has 0 aromatic carbocycles. The first-order chi connectivity index (χ1) is 4.86. The van der Waals surface area contributed by atoms with Crippen molar-refractivity contribution in [3.63, 3.8) is 0 Å². The molecule has 0 fully saturated rings. The lowest BCUT2D eigenvalue weighted by atomic mass is 10.2. The fourth-order valence-electron chi connectivity index (χ4n) is 1.18. The van der Waals surface area contributed by atoms with Gasteiger partial charge in [-0.1, -0.05) is 0 Å². The Balaban J connectivity index is 2.52. The van der Waals surface area contributed by atoms with E-state index in [1.165, 1.54) is 11.1 Å². The zero-order valence-corrected chi connectivity index (χ0v) is 5.92. The Morgan fingerprint density at radius 3 is 3.10 bits per heavy atom. The van der Waals surface area contributed by atoms with Crippen LogP contribution in [-0.4, -0.2) is 4.98 Å². The van der Waals surface area contributed by atoms with Crippen molar-refractivity contribution in [2.45, 2.75) is 20.1 Å². The summed E-state index contributed by atoms with van der Waals surface area (Å²) in [5.41, 5.74) is 3.61. The maximum Gasteiger partial charge on any atom is 0.0740 e. The highest BCUT2D eigenvalue weighted by atomic mass is 16.5. The second-order valence-electron chi connectivity index (χ2n) is 2.59. The van der Waals surface area contributed by atoms with Crippen molar-refractivity contribution in [1.82, 2.24) is 4.98 Å². The average molecular weight is 135 g/mol. The summed E-state index contributed by atoms with van der Waals surface area (Å²) in [6.45, 7) is 3.50. The number of fused-ring (bicyclic) bond motifs is 1. The second kappa shape index (κ2) is 2.06. The van der Waals surface area contributed by atoms with Crippen molar-refractivity contribution in [3.8, 4) is 0 Å². The van der Waals surface area contributed by atoms with Gasteiger partial charge in [-0.05, 0) is 18.6 Å². The summed E-state index contributed by atoms with van der Waals surface area (Å²) < 4.78 is 5.23. The van der Waals surface area contributed by atoms with E-state index >= 15 is 0 Å². The minimum Gasteiger partial charge on any atom is -0.372 e. The van der Waals surface area contributed by atoms with Gasteiger partial charge in [0.2, 0.25) is 0 Å². The van der Waals surface area contributed by atoms with Crippen LogP contribution in [0.5, 0.6) is 0 Å². The average Bonchev–Trinajstić information content (AvgIpc) is 2.33. The molecule has 1 aromatic heterocycles. The zero-order chi connectivity index (χ0) is 6.97. The molecule has 52 valence electrons. The number of aromatic nitrogens is 1. The fraction of sp³-hybridized carbons (Fsp3) is 0.375. The number of hydrogen-bond acceptors (Lipinski definition) is 2. The van der Waals surface area contributed by atoms with Crippen LogP contribution in [-0.2, 0) is 18.0 Å². The molecule has 2 heteroatoms. The van der Waals surface area contributed by atoms with E-state index in [-0.39, 0.29) is 0 Å². The molecule has 2 nitrogen and oxygen atoms in total. The molecule has 0 N–H and O–H groups in total. The van der Waals surface area contributed by atoms with E-state index in [1.54, 1.807) is 0 Å². The molecule has 0 unspecified atom stereocenters. The van der Waals surface area contributed by atoms with Crippen LogP contribution in [0.3, 0.4) is 0 Å². The lowest BCUT2D eigenvalue weighted by Gasteiger charge is -1.95. The first-order valence-electron chi connectivity index (χ1n) is 3.38. The molecular formula is C8H9NO. The minimum absolute atomic E-state index is 0.739. The van der Waals surface area contributed by atoms with Gasteiger partial charge in [0.25, 0.3) is 0 Å². The predicted molar refractivity (Wildman–Crippen MR) is 37.5 cm³/mol. The minimum atomic E-state index is 0.739. The fourth-order valence-corrected chi connectivity index (χ4v) is 1.18. The molecule has 0 spiro atoms. The van der Waals surface area contributed by atoms with Crippen LogP contribution in [0.4, 0.5) is 0 Å². The van der Waals surface area contributed by atoms with Crippen LogP contribution >= 0.6 is 0 Å². The Kier molecular flexibility index (Phi) is 1.21. The van der Waals surface area contributed by atoms with E-state index in [2.05, 4.69) is 11.1 Å². The number of pyridine rings is 1. The standard InChI is InChI=1S/C8H9NO/c1-6-2-7-4-10-5-8(7)3-9-6/h2-3H,4-5H2,1H3. The van der Waals surface area contributed by atoms with Gasteiger partial charge in [0.1, 0.15) is 0 Å². The lowest BCUT2D eigenvalue weighted by molar-refractivity contribution is 0.134. The van der Waals surface area contributed by atoms with Gasteiger partial charge in [-0.15, -0.1) is 0 Å². The van der Waals surface area contributed by atoms with Crippen LogP contribution in [0.1, 0.15) is 16.8 Å². The molecule has 0 atom stereocenters.